The van der Waals surface area contributed by atoms with Crippen LogP contribution >= 0.6 is 0 Å². The first kappa shape index (κ1) is 13.6. The van der Waals surface area contributed by atoms with Crippen molar-refractivity contribution >= 4 is 0 Å². The summed E-state index contributed by atoms with van der Waals surface area (Å²) in [5.41, 5.74) is 2.83. The van der Waals surface area contributed by atoms with Gasteiger partial charge in [-0.25, -0.2) is 0 Å². The maximum atomic E-state index is 8.86. The number of rotatable bonds is 8. The molecule has 0 bridgehead atoms. The van der Waals surface area contributed by atoms with Crippen LogP contribution in [0.4, 0.5) is 0 Å². The Balaban J connectivity index is 1.86. The Morgan fingerprint density at radius 3 is 2.33 bits per heavy atom. The van der Waals surface area contributed by atoms with Gasteiger partial charge in [0.15, 0.2) is 0 Å². The second-order valence-electron chi connectivity index (χ2n) is 5.30. The largest absolute Gasteiger partial charge is 0.396 e. The van der Waals surface area contributed by atoms with Gasteiger partial charge in [0.25, 0.3) is 0 Å². The molecule has 1 N–H and O–H groups in total. The number of unbranched alkanes of at least 4 members (excludes halogenated alkanes) is 1. The first-order chi connectivity index (χ1) is 8.83. The minimum atomic E-state index is 0.323. The summed E-state index contributed by atoms with van der Waals surface area (Å²) in [6.45, 7) is 4.71. The zero-order valence-corrected chi connectivity index (χ0v) is 11.4. The van der Waals surface area contributed by atoms with Gasteiger partial charge < -0.3 is 5.11 Å². The molecule has 0 spiro atoms. The lowest BCUT2D eigenvalue weighted by Gasteiger charge is -2.22. The molecule has 2 rings (SSSR count). The van der Waals surface area contributed by atoms with E-state index in [9.17, 15) is 0 Å². The molecule has 1 aliphatic rings. The highest BCUT2D eigenvalue weighted by atomic mass is 16.2. The minimum absolute atomic E-state index is 0.323. The smallest absolute Gasteiger partial charge is 0.0431 e. The molecule has 18 heavy (non-hydrogen) atoms. The van der Waals surface area contributed by atoms with Crippen LogP contribution in [0.5, 0.6) is 0 Å². The number of aliphatic hydroxyl groups is 1. The van der Waals surface area contributed by atoms with E-state index in [-0.39, 0.29) is 0 Å². The Kier molecular flexibility index (Phi) is 5.21. The van der Waals surface area contributed by atoms with Crippen molar-refractivity contribution in [2.45, 2.75) is 51.6 Å². The van der Waals surface area contributed by atoms with Crippen molar-refractivity contribution in [1.29, 1.82) is 0 Å². The van der Waals surface area contributed by atoms with Crippen LogP contribution in [0.15, 0.2) is 24.3 Å². The van der Waals surface area contributed by atoms with E-state index in [1.54, 1.807) is 0 Å². The van der Waals surface area contributed by atoms with Crippen LogP contribution < -0.4 is 0 Å². The average molecular weight is 247 g/mol. The zero-order chi connectivity index (χ0) is 12.8. The van der Waals surface area contributed by atoms with E-state index in [2.05, 4.69) is 36.1 Å². The molecule has 1 aromatic rings. The third-order valence-electron chi connectivity index (χ3n) is 3.73. The lowest BCUT2D eigenvalue weighted by atomic mass is 10.1. The van der Waals surface area contributed by atoms with E-state index < -0.39 is 0 Å². The van der Waals surface area contributed by atoms with Crippen LogP contribution in [-0.4, -0.2) is 29.2 Å². The molecule has 1 saturated carbocycles. The Bertz CT molecular complexity index is 343. The second kappa shape index (κ2) is 6.91. The summed E-state index contributed by atoms with van der Waals surface area (Å²) in [5.74, 6) is 0. The Morgan fingerprint density at radius 1 is 1.11 bits per heavy atom. The second-order valence-corrected chi connectivity index (χ2v) is 5.30. The van der Waals surface area contributed by atoms with E-state index in [0.717, 1.165) is 38.4 Å². The van der Waals surface area contributed by atoms with Gasteiger partial charge >= 0.3 is 0 Å². The highest BCUT2D eigenvalue weighted by Gasteiger charge is 2.28. The van der Waals surface area contributed by atoms with Crippen LogP contribution in [-0.2, 0) is 13.0 Å². The molecule has 1 aromatic carbocycles. The molecule has 2 nitrogen and oxygen atoms in total. The van der Waals surface area contributed by atoms with Gasteiger partial charge in [-0.2, -0.15) is 0 Å². The van der Waals surface area contributed by atoms with Crippen LogP contribution in [0, 0.1) is 0 Å². The Morgan fingerprint density at radius 2 is 1.78 bits per heavy atom. The van der Waals surface area contributed by atoms with Crippen molar-refractivity contribution in [2.75, 3.05) is 13.2 Å². The topological polar surface area (TPSA) is 23.5 Å². The summed E-state index contributed by atoms with van der Waals surface area (Å²) in [7, 11) is 0. The number of benzene rings is 1. The summed E-state index contributed by atoms with van der Waals surface area (Å²) >= 11 is 0. The Hall–Kier alpha value is -0.860. The number of aliphatic hydroxyl groups excluding tert-OH is 1. The molecule has 100 valence electrons. The summed E-state index contributed by atoms with van der Waals surface area (Å²) in [6.07, 6.45) is 5.86. The molecule has 2 heteroatoms. The number of hydrogen-bond donors (Lipinski definition) is 1. The predicted octanol–water partition coefficient (Wildman–Crippen LogP) is 2.99. The monoisotopic (exact) mass is 247 g/mol. The van der Waals surface area contributed by atoms with Crippen molar-refractivity contribution in [3.8, 4) is 0 Å². The molecule has 0 amide bonds. The standard InChI is InChI=1S/C16H25NO/c1-2-14-5-7-15(8-6-14)13-17(16-9-10-16)11-3-4-12-18/h5-8,16,18H,2-4,9-13H2,1H3. The van der Waals surface area contributed by atoms with Gasteiger partial charge in [-0.15, -0.1) is 0 Å². The van der Waals surface area contributed by atoms with E-state index in [0.29, 0.717) is 6.61 Å². The number of hydrogen-bond acceptors (Lipinski definition) is 2. The van der Waals surface area contributed by atoms with Crippen molar-refractivity contribution < 1.29 is 5.11 Å². The van der Waals surface area contributed by atoms with Crippen molar-refractivity contribution in [3.05, 3.63) is 35.4 Å². The maximum absolute atomic E-state index is 8.86. The quantitative estimate of drug-likeness (QED) is 0.714. The van der Waals surface area contributed by atoms with Gasteiger partial charge in [0.1, 0.15) is 0 Å². The van der Waals surface area contributed by atoms with Gasteiger partial charge in [0.05, 0.1) is 0 Å². The van der Waals surface area contributed by atoms with Crippen molar-refractivity contribution in [1.82, 2.24) is 4.90 Å². The van der Waals surface area contributed by atoms with Gasteiger partial charge in [-0.1, -0.05) is 31.2 Å². The van der Waals surface area contributed by atoms with E-state index in [1.165, 1.54) is 24.0 Å². The van der Waals surface area contributed by atoms with Crippen LogP contribution in [0.1, 0.15) is 43.7 Å². The normalized spacial score (nSPS) is 15.3. The lowest BCUT2D eigenvalue weighted by molar-refractivity contribution is 0.229. The van der Waals surface area contributed by atoms with Crippen molar-refractivity contribution in [2.24, 2.45) is 0 Å². The predicted molar refractivity (Wildman–Crippen MR) is 75.6 cm³/mol. The van der Waals surface area contributed by atoms with E-state index >= 15 is 0 Å². The molecular weight excluding hydrogens is 222 g/mol. The molecule has 0 aliphatic heterocycles. The zero-order valence-electron chi connectivity index (χ0n) is 11.4. The fraction of sp³-hybridized carbons (Fsp3) is 0.625. The van der Waals surface area contributed by atoms with Crippen LogP contribution in [0.2, 0.25) is 0 Å². The fourth-order valence-electron chi connectivity index (χ4n) is 2.37. The van der Waals surface area contributed by atoms with E-state index in [1.807, 2.05) is 0 Å². The molecule has 1 fully saturated rings. The molecule has 0 radical (unpaired) electrons. The molecular formula is C16H25NO. The van der Waals surface area contributed by atoms with Gasteiger partial charge in [-0.3, -0.25) is 4.90 Å². The fourth-order valence-corrected chi connectivity index (χ4v) is 2.37. The molecule has 0 atom stereocenters. The van der Waals surface area contributed by atoms with Crippen molar-refractivity contribution in [3.63, 3.8) is 0 Å². The maximum Gasteiger partial charge on any atom is 0.0431 e. The SMILES string of the molecule is CCc1ccc(CN(CCCCO)C2CC2)cc1. The molecule has 0 aromatic heterocycles. The minimum Gasteiger partial charge on any atom is -0.396 e. The number of aryl methyl sites for hydroxylation is 1. The third-order valence-corrected chi connectivity index (χ3v) is 3.73. The molecule has 0 heterocycles. The summed E-state index contributed by atoms with van der Waals surface area (Å²) in [4.78, 5) is 2.58. The average Bonchev–Trinajstić information content (AvgIpc) is 3.23. The van der Waals surface area contributed by atoms with Crippen LogP contribution in [0.25, 0.3) is 0 Å². The van der Waals surface area contributed by atoms with Gasteiger partial charge in [0, 0.05) is 19.2 Å². The highest BCUT2D eigenvalue weighted by molar-refractivity contribution is 5.22. The van der Waals surface area contributed by atoms with E-state index in [4.69, 9.17) is 5.11 Å². The first-order valence-corrected chi connectivity index (χ1v) is 7.26. The Labute approximate surface area is 111 Å². The van der Waals surface area contributed by atoms with Gasteiger partial charge in [0.2, 0.25) is 0 Å². The summed E-state index contributed by atoms with van der Waals surface area (Å²) in [5, 5.41) is 8.86. The summed E-state index contributed by atoms with van der Waals surface area (Å²) in [6, 6.07) is 9.82. The molecule has 1 aliphatic carbocycles. The molecule has 0 saturated heterocycles. The number of nitrogens with zero attached hydrogens (tertiary/aromatic N) is 1. The van der Waals surface area contributed by atoms with Gasteiger partial charge in [-0.05, 0) is 49.8 Å². The lowest BCUT2D eigenvalue weighted by Crippen LogP contribution is -2.26. The van der Waals surface area contributed by atoms with Crippen LogP contribution in [0.3, 0.4) is 0 Å². The third kappa shape index (κ3) is 4.11. The molecule has 0 unspecified atom stereocenters. The highest BCUT2D eigenvalue weighted by Crippen LogP contribution is 2.28. The first-order valence-electron chi connectivity index (χ1n) is 7.26. The summed E-state index contributed by atoms with van der Waals surface area (Å²) < 4.78 is 0.